The Morgan fingerprint density at radius 3 is 0.917 bits per heavy atom. The quantitative estimate of drug-likeness (QED) is 0.0983. The van der Waals surface area contributed by atoms with Crippen molar-refractivity contribution in [1.29, 1.82) is 0 Å². The van der Waals surface area contributed by atoms with Crippen molar-refractivity contribution in [2.75, 3.05) is 9.80 Å². The molecule has 0 aliphatic carbocycles. The Morgan fingerprint density at radius 1 is 0.350 bits per heavy atom. The number of anilines is 2. The number of amides is 4. The molecule has 9 rings (SSSR count). The van der Waals surface area contributed by atoms with Crippen LogP contribution in [0.15, 0.2) is 81.7 Å². The van der Waals surface area contributed by atoms with E-state index in [1.165, 1.54) is 9.80 Å². The monoisotopic (exact) mass is 922 g/mol. The van der Waals surface area contributed by atoms with Crippen LogP contribution in [0.2, 0.25) is 0 Å². The third-order valence-electron chi connectivity index (χ3n) is 12.6. The molecule has 0 N–H and O–H groups in total. The van der Waals surface area contributed by atoms with Crippen molar-refractivity contribution in [1.82, 2.24) is 0 Å². The molecule has 0 unspecified atom stereocenters. The number of hydrogen-bond donors (Lipinski definition) is 0. The molecule has 0 saturated heterocycles. The molecule has 0 spiro atoms. The molecule has 2 heterocycles. The van der Waals surface area contributed by atoms with Crippen molar-refractivity contribution in [2.45, 2.75) is 105 Å². The van der Waals surface area contributed by atoms with E-state index in [2.05, 4.69) is 127 Å². The van der Waals surface area contributed by atoms with Crippen LogP contribution in [-0.2, 0) is 21.7 Å². The maximum Gasteiger partial charge on any atom is 0.266 e. The molecular weight excluding hydrogens is 876 g/mol. The van der Waals surface area contributed by atoms with E-state index < -0.39 is 0 Å². The van der Waals surface area contributed by atoms with Gasteiger partial charge in [0.2, 0.25) is 0 Å². The first kappa shape index (κ1) is 40.5. The summed E-state index contributed by atoms with van der Waals surface area (Å²) in [6.07, 6.45) is 0. The van der Waals surface area contributed by atoms with Crippen LogP contribution in [0.3, 0.4) is 0 Å². The molecule has 0 fully saturated rings. The Hall–Kier alpha value is -4.92. The van der Waals surface area contributed by atoms with Crippen LogP contribution in [0.5, 0.6) is 0 Å². The van der Waals surface area contributed by atoms with E-state index in [-0.39, 0.29) is 45.3 Å². The van der Waals surface area contributed by atoms with Gasteiger partial charge >= 0.3 is 0 Å². The van der Waals surface area contributed by atoms with E-state index in [1.54, 1.807) is 0 Å². The Labute approximate surface area is 367 Å². The fourth-order valence-electron chi connectivity index (χ4n) is 9.05. The van der Waals surface area contributed by atoms with Gasteiger partial charge in [-0.1, -0.05) is 139 Å². The van der Waals surface area contributed by atoms with Crippen molar-refractivity contribution >= 4 is 110 Å². The van der Waals surface area contributed by atoms with Crippen LogP contribution in [0.25, 0.3) is 43.1 Å². The Bertz CT molecular complexity index is 2860. The lowest BCUT2D eigenvalue weighted by Gasteiger charge is -2.33. The van der Waals surface area contributed by atoms with Crippen LogP contribution in [0.4, 0.5) is 11.4 Å². The van der Waals surface area contributed by atoms with Gasteiger partial charge in [0, 0.05) is 52.4 Å². The smallest absolute Gasteiger partial charge is 0.266 e. The highest BCUT2D eigenvalue weighted by Gasteiger charge is 2.40. The highest BCUT2D eigenvalue weighted by Crippen LogP contribution is 2.51. The van der Waals surface area contributed by atoms with Gasteiger partial charge in [-0.3, -0.25) is 19.2 Å². The summed E-state index contributed by atoms with van der Waals surface area (Å²) in [5, 5.41) is 5.97. The van der Waals surface area contributed by atoms with Crippen LogP contribution in [-0.4, -0.2) is 23.6 Å². The second-order valence-electron chi connectivity index (χ2n) is 20.8. The third kappa shape index (κ3) is 5.83. The lowest BCUT2D eigenvalue weighted by molar-refractivity contribution is 0.0877. The number of imide groups is 2. The summed E-state index contributed by atoms with van der Waals surface area (Å²) in [6.45, 7) is 25.6. The first-order chi connectivity index (χ1) is 27.8. The maximum atomic E-state index is 14.8. The molecule has 0 saturated carbocycles. The van der Waals surface area contributed by atoms with E-state index >= 15 is 0 Å². The summed E-state index contributed by atoms with van der Waals surface area (Å²) in [6, 6.07) is 23.4. The first-order valence-electron chi connectivity index (χ1n) is 20.5. The lowest BCUT2D eigenvalue weighted by Crippen LogP contribution is -2.41. The van der Waals surface area contributed by atoms with Gasteiger partial charge in [0.1, 0.15) is 0 Å². The van der Waals surface area contributed by atoms with Crippen molar-refractivity contribution in [2.24, 2.45) is 0 Å². The molecule has 304 valence electrons. The molecular formula is C52H48Br2N2O4. The number of hydrogen-bond acceptors (Lipinski definition) is 4. The summed E-state index contributed by atoms with van der Waals surface area (Å²) in [7, 11) is 0. The number of rotatable bonds is 2. The molecule has 6 nitrogen and oxygen atoms in total. The number of carbonyl (C=O) groups excluding carboxylic acids is 4. The topological polar surface area (TPSA) is 74.8 Å². The zero-order valence-corrected chi connectivity index (χ0v) is 39.4. The molecule has 7 aromatic rings. The van der Waals surface area contributed by atoms with Crippen molar-refractivity contribution < 1.29 is 19.2 Å². The third-order valence-corrected chi connectivity index (χ3v) is 13.8. The van der Waals surface area contributed by atoms with Gasteiger partial charge in [-0.2, -0.15) is 0 Å². The zero-order chi connectivity index (χ0) is 43.5. The standard InChI is InChI=1S/C52H48Br2N2O4/c1-49(2,3)25-17-26(50(4,5)6)20-29(19-25)55-45(57)33-15-13-31-42-38(54)24-36-40-34(16-14-32(44(40)42)41-37(53)23-35(47(55)59)39(33)43(31)41)46(58)56(48(36)60)30-21-27(51(7,8)9)18-28(22-30)52(10,11)12/h13-24H,1-12H3. The Morgan fingerprint density at radius 2 is 0.633 bits per heavy atom. The summed E-state index contributed by atoms with van der Waals surface area (Å²) in [5.74, 6) is -1.54. The normalized spacial score (nSPS) is 15.2. The number of benzene rings is 7. The van der Waals surface area contributed by atoms with Gasteiger partial charge in [0.05, 0.1) is 22.5 Å². The number of fused-ring (bicyclic) bond motifs is 2. The minimum atomic E-state index is -0.389. The highest BCUT2D eigenvalue weighted by molar-refractivity contribution is 9.11. The van der Waals surface area contributed by atoms with Gasteiger partial charge in [-0.25, -0.2) is 9.80 Å². The highest BCUT2D eigenvalue weighted by atomic mass is 79.9. The average molecular weight is 925 g/mol. The average Bonchev–Trinajstić information content (AvgIpc) is 3.14. The second kappa shape index (κ2) is 12.8. The predicted molar refractivity (Wildman–Crippen MR) is 253 cm³/mol. The molecule has 0 atom stereocenters. The molecule has 0 aromatic heterocycles. The van der Waals surface area contributed by atoms with Gasteiger partial charge in [-0.05, 0) is 103 Å². The van der Waals surface area contributed by atoms with Gasteiger partial charge in [-0.15, -0.1) is 0 Å². The fraction of sp³-hybridized carbons (Fsp3) is 0.308. The largest absolute Gasteiger partial charge is 0.268 e. The van der Waals surface area contributed by atoms with Crippen LogP contribution in [0.1, 0.15) is 147 Å². The number of nitrogens with zero attached hydrogens (tertiary/aromatic N) is 2. The molecule has 0 bridgehead atoms. The molecule has 60 heavy (non-hydrogen) atoms. The molecule has 4 amide bonds. The fourth-order valence-corrected chi connectivity index (χ4v) is 10.3. The maximum absolute atomic E-state index is 14.8. The van der Waals surface area contributed by atoms with Crippen molar-refractivity contribution in [3.63, 3.8) is 0 Å². The van der Waals surface area contributed by atoms with Crippen LogP contribution in [0, 0.1) is 0 Å². The predicted octanol–water partition coefficient (Wildman–Crippen LogP) is 14.1. The molecule has 0 radical (unpaired) electrons. The summed E-state index contributed by atoms with van der Waals surface area (Å²) in [5.41, 5.74) is 6.10. The number of halogens is 2. The molecule has 2 aliphatic rings. The SMILES string of the molecule is CC(C)(C)c1cc(N2C(=O)c3ccc4c5c(Br)cc6c7c(ccc(c8c(Br)cc(c3c48)C2=O)c75)C(=O)N(c2cc(C(C)(C)C)cc(C(C)(C)C)c2)C6=O)cc(C(C)(C)C)c1. The minimum absolute atomic E-state index is 0.220. The Kier molecular flexibility index (Phi) is 8.64. The number of carbonyl (C=O) groups is 4. The second-order valence-corrected chi connectivity index (χ2v) is 22.5. The van der Waals surface area contributed by atoms with Crippen molar-refractivity contribution in [3.05, 3.63) is 126 Å². The van der Waals surface area contributed by atoms with Gasteiger partial charge < -0.3 is 0 Å². The van der Waals surface area contributed by atoms with E-state index in [1.807, 2.05) is 60.7 Å². The molecule has 2 aliphatic heterocycles. The van der Waals surface area contributed by atoms with Gasteiger partial charge in [0.25, 0.3) is 23.6 Å². The molecule has 8 heteroatoms. The van der Waals surface area contributed by atoms with E-state index in [9.17, 15) is 19.2 Å². The molecule has 7 aromatic carbocycles. The van der Waals surface area contributed by atoms with Crippen LogP contribution >= 0.6 is 31.9 Å². The summed E-state index contributed by atoms with van der Waals surface area (Å²) < 4.78 is 1.35. The minimum Gasteiger partial charge on any atom is -0.268 e. The van der Waals surface area contributed by atoms with E-state index in [4.69, 9.17) is 0 Å². The summed E-state index contributed by atoms with van der Waals surface area (Å²) >= 11 is 7.77. The zero-order valence-electron chi connectivity index (χ0n) is 36.2. The van der Waals surface area contributed by atoms with Crippen molar-refractivity contribution in [3.8, 4) is 0 Å². The summed E-state index contributed by atoms with van der Waals surface area (Å²) in [4.78, 5) is 61.8. The first-order valence-corrected chi connectivity index (χ1v) is 22.1. The van der Waals surface area contributed by atoms with E-state index in [0.29, 0.717) is 53.3 Å². The van der Waals surface area contributed by atoms with E-state index in [0.717, 1.165) is 54.6 Å². The van der Waals surface area contributed by atoms with Gasteiger partial charge in [0.15, 0.2) is 0 Å². The Balaban J connectivity index is 1.28. The lowest BCUT2D eigenvalue weighted by atomic mass is 9.79. The van der Waals surface area contributed by atoms with Crippen LogP contribution < -0.4 is 9.80 Å².